The van der Waals surface area contributed by atoms with Crippen LogP contribution in [0.1, 0.15) is 99.9 Å². The number of nitrogens with two attached hydrogens (primary N) is 1. The van der Waals surface area contributed by atoms with E-state index in [4.69, 9.17) is 19.3 Å². The van der Waals surface area contributed by atoms with Crippen LogP contribution in [-0.2, 0) is 18.1 Å². The van der Waals surface area contributed by atoms with E-state index in [-0.39, 0.29) is 47.0 Å². The maximum atomic E-state index is 15.6. The third-order valence-corrected chi connectivity index (χ3v) is 9.41. The summed E-state index contributed by atoms with van der Waals surface area (Å²) in [5, 5.41) is 12.4. The first-order valence-electron chi connectivity index (χ1n) is 15.7. The molecule has 2 aromatic carbocycles. The molecule has 262 valence electrons. The van der Waals surface area contributed by atoms with Crippen molar-refractivity contribution in [1.29, 1.82) is 0 Å². The predicted octanol–water partition coefficient (Wildman–Crippen LogP) is 7.50. The van der Waals surface area contributed by atoms with Crippen molar-refractivity contribution in [2.24, 2.45) is 0 Å². The largest absolute Gasteiger partial charge is 0.475 e. The summed E-state index contributed by atoms with van der Waals surface area (Å²) >= 11 is 0. The zero-order valence-electron chi connectivity index (χ0n) is 28.2. The summed E-state index contributed by atoms with van der Waals surface area (Å²) in [7, 11) is -4.23. The second-order valence-corrected chi connectivity index (χ2v) is 15.6. The molecule has 1 amide bonds. The lowest BCUT2D eigenvalue weighted by molar-refractivity contribution is 0.000612. The van der Waals surface area contributed by atoms with Crippen molar-refractivity contribution in [3.8, 4) is 11.3 Å². The second kappa shape index (κ2) is 14.6. The number of hydrogen-bond acceptors (Lipinski definition) is 9. The lowest BCUT2D eigenvalue weighted by Gasteiger charge is -2.32. The number of anilines is 1. The molecule has 1 heterocycles. The number of amides is 1. The number of phosphoric acid groups is 1. The van der Waals surface area contributed by atoms with E-state index in [1.54, 1.807) is 54.5 Å². The Morgan fingerprint density at radius 2 is 1.75 bits per heavy atom. The van der Waals surface area contributed by atoms with Gasteiger partial charge < -0.3 is 16.2 Å². The van der Waals surface area contributed by atoms with Crippen LogP contribution in [0.4, 0.5) is 19.0 Å². The van der Waals surface area contributed by atoms with Gasteiger partial charge in [0, 0.05) is 11.5 Å². The van der Waals surface area contributed by atoms with Crippen LogP contribution in [0.3, 0.4) is 0 Å². The molecule has 0 aliphatic heterocycles. The van der Waals surface area contributed by atoms with Gasteiger partial charge in [0.2, 0.25) is 0 Å². The zero-order chi connectivity index (χ0) is 35.6. The molecule has 10 nitrogen and oxygen atoms in total. The molecule has 4 rings (SSSR count). The fourth-order valence-corrected chi connectivity index (χ4v) is 7.18. The van der Waals surface area contributed by atoms with E-state index < -0.39 is 61.5 Å². The average molecular weight is 693 g/mol. The minimum atomic E-state index is -4.23. The molecule has 3 aromatic rings. The van der Waals surface area contributed by atoms with Crippen LogP contribution in [0, 0.1) is 18.6 Å². The number of carbonyl (C=O) groups excluding carboxylic acids is 1. The van der Waals surface area contributed by atoms with E-state index in [2.05, 4.69) is 15.3 Å². The summed E-state index contributed by atoms with van der Waals surface area (Å²) in [5.74, 6) is -2.63. The number of benzene rings is 2. The number of hydrogen-bond donors (Lipinski definition) is 3. The Labute approximate surface area is 279 Å². The van der Waals surface area contributed by atoms with Gasteiger partial charge in [-0.15, -0.1) is 0 Å². The summed E-state index contributed by atoms with van der Waals surface area (Å²) in [6, 6.07) is 6.78. The Bertz CT molecular complexity index is 1640. The van der Waals surface area contributed by atoms with Crippen LogP contribution in [-0.4, -0.2) is 51.1 Å². The molecule has 4 N–H and O–H groups in total. The third kappa shape index (κ3) is 10.1. The van der Waals surface area contributed by atoms with E-state index in [0.29, 0.717) is 17.7 Å². The maximum absolute atomic E-state index is 15.6. The van der Waals surface area contributed by atoms with Gasteiger partial charge in [-0.05, 0) is 103 Å². The summed E-state index contributed by atoms with van der Waals surface area (Å²) in [6.45, 7) is 11.2. The molecular weight excluding hydrogens is 648 g/mol. The molecule has 4 unspecified atom stereocenters. The quantitative estimate of drug-likeness (QED) is 0.184. The van der Waals surface area contributed by atoms with E-state index in [1.807, 2.05) is 0 Å². The van der Waals surface area contributed by atoms with Crippen molar-refractivity contribution in [3.05, 3.63) is 76.6 Å². The Kier molecular flexibility index (Phi) is 11.4. The van der Waals surface area contributed by atoms with Crippen LogP contribution in [0.2, 0.25) is 0 Å². The lowest BCUT2D eigenvalue weighted by atomic mass is 9.84. The number of nitrogen functional groups attached to an aromatic ring is 1. The minimum absolute atomic E-state index is 0.0149. The zero-order valence-corrected chi connectivity index (χ0v) is 29.1. The number of halogens is 3. The van der Waals surface area contributed by atoms with Crippen LogP contribution >= 0.6 is 7.82 Å². The van der Waals surface area contributed by atoms with Crippen LogP contribution in [0.5, 0.6) is 0 Å². The predicted molar refractivity (Wildman–Crippen MR) is 176 cm³/mol. The lowest BCUT2D eigenvalue weighted by Crippen LogP contribution is -2.33. The van der Waals surface area contributed by atoms with Gasteiger partial charge in [-0.3, -0.25) is 18.4 Å². The first-order chi connectivity index (χ1) is 22.2. The van der Waals surface area contributed by atoms with Gasteiger partial charge in [0.1, 0.15) is 29.3 Å². The van der Waals surface area contributed by atoms with Crippen molar-refractivity contribution in [2.75, 3.05) is 12.3 Å². The molecule has 0 spiro atoms. The van der Waals surface area contributed by atoms with Crippen molar-refractivity contribution < 1.29 is 41.2 Å². The molecule has 1 fully saturated rings. The van der Waals surface area contributed by atoms with Gasteiger partial charge in [0.25, 0.3) is 5.91 Å². The number of nitrogens with zero attached hydrogens (tertiary/aromatic N) is 2. The summed E-state index contributed by atoms with van der Waals surface area (Å²) in [4.78, 5) is 22.2. The number of nitrogens with one attached hydrogen (secondary N) is 1. The van der Waals surface area contributed by atoms with Crippen molar-refractivity contribution in [3.63, 3.8) is 0 Å². The van der Waals surface area contributed by atoms with Gasteiger partial charge in [0.05, 0.1) is 47.4 Å². The van der Waals surface area contributed by atoms with Crippen molar-refractivity contribution in [2.45, 2.75) is 103 Å². The van der Waals surface area contributed by atoms with E-state index in [9.17, 15) is 23.2 Å². The molecule has 1 aliphatic carbocycles. The standard InChI is InChI=1S/C34H44F3N4O6P/c1-19-12-22(14-23(35)13-19)28(18-45-48(44,46-33(2,3)4)47-34(5,6)7)41-32(43)24-10-8-21(16-25(24)36)30-31(38)39-17-27(40-30)20-9-11-29(42)26(37)15-20/h8,10,12-14,16-17,20,26,28-29,42H,9,11,15,18H2,1-7H3,(H2,38,39)(H,41,43). The van der Waals surface area contributed by atoms with Gasteiger partial charge in [-0.2, -0.15) is 0 Å². The fraction of sp³-hybridized carbons (Fsp3) is 0.500. The number of aliphatic hydroxyl groups excluding tert-OH is 1. The molecule has 0 radical (unpaired) electrons. The molecule has 0 saturated heterocycles. The summed E-state index contributed by atoms with van der Waals surface area (Å²) in [6.07, 6.45) is -0.121. The van der Waals surface area contributed by atoms with Gasteiger partial charge in [-0.25, -0.2) is 27.7 Å². The number of aryl methyl sites for hydroxylation is 1. The van der Waals surface area contributed by atoms with E-state index in [0.717, 1.165) is 6.07 Å². The molecule has 14 heteroatoms. The number of aliphatic hydroxyl groups is 1. The van der Waals surface area contributed by atoms with Gasteiger partial charge >= 0.3 is 7.82 Å². The highest BCUT2D eigenvalue weighted by Crippen LogP contribution is 2.55. The number of phosphoric ester groups is 1. The normalized spacial score (nSPS) is 19.6. The first kappa shape index (κ1) is 37.5. The highest BCUT2D eigenvalue weighted by Gasteiger charge is 2.38. The highest BCUT2D eigenvalue weighted by atomic mass is 31.2. The van der Waals surface area contributed by atoms with E-state index >= 15 is 4.39 Å². The Hall–Kier alpha value is -3.35. The van der Waals surface area contributed by atoms with Gasteiger partial charge in [-0.1, -0.05) is 12.1 Å². The summed E-state index contributed by atoms with van der Waals surface area (Å²) in [5.41, 5.74) is 5.56. The number of rotatable bonds is 10. The topological polar surface area (TPSA) is 146 Å². The Morgan fingerprint density at radius 3 is 2.33 bits per heavy atom. The average Bonchev–Trinajstić information content (AvgIpc) is 2.94. The second-order valence-electron chi connectivity index (χ2n) is 14.1. The maximum Gasteiger partial charge on any atom is 0.475 e. The molecule has 1 aromatic heterocycles. The van der Waals surface area contributed by atoms with Crippen LogP contribution in [0.15, 0.2) is 42.6 Å². The third-order valence-electron chi connectivity index (χ3n) is 7.41. The van der Waals surface area contributed by atoms with Crippen LogP contribution < -0.4 is 11.1 Å². The van der Waals surface area contributed by atoms with Gasteiger partial charge in [0.15, 0.2) is 0 Å². The monoisotopic (exact) mass is 692 g/mol. The first-order valence-corrected chi connectivity index (χ1v) is 17.2. The SMILES string of the molecule is Cc1cc(F)cc(C(COP(=O)(OC(C)(C)C)OC(C)(C)C)NC(=O)c2ccc(-c3nc(C4CCC(O)C(F)C4)cnc3N)cc2F)c1. The number of aromatic nitrogens is 2. The smallest absolute Gasteiger partial charge is 0.390 e. The molecule has 1 saturated carbocycles. The van der Waals surface area contributed by atoms with E-state index in [1.165, 1.54) is 30.5 Å². The number of carbonyl (C=O) groups is 1. The summed E-state index contributed by atoms with van der Waals surface area (Å²) < 4.78 is 75.1. The minimum Gasteiger partial charge on any atom is -0.390 e. The van der Waals surface area contributed by atoms with Crippen molar-refractivity contribution >= 4 is 19.5 Å². The molecule has 1 aliphatic rings. The van der Waals surface area contributed by atoms with Crippen molar-refractivity contribution in [1.82, 2.24) is 15.3 Å². The molecule has 48 heavy (non-hydrogen) atoms. The molecule has 0 bridgehead atoms. The highest BCUT2D eigenvalue weighted by molar-refractivity contribution is 7.48. The molecule has 4 atom stereocenters. The van der Waals surface area contributed by atoms with Crippen LogP contribution in [0.25, 0.3) is 11.3 Å². The Morgan fingerprint density at radius 1 is 1.08 bits per heavy atom. The molecular formula is C34H44F3N4O6P. The number of alkyl halides is 1. The Balaban J connectivity index is 1.60. The fourth-order valence-electron chi connectivity index (χ4n) is 5.37.